The van der Waals surface area contributed by atoms with Crippen LogP contribution in [0.3, 0.4) is 0 Å². The molecule has 0 aromatic heterocycles. The average molecular weight is 264 g/mol. The zero-order valence-corrected chi connectivity index (χ0v) is 11.8. The summed E-state index contributed by atoms with van der Waals surface area (Å²) in [6, 6.07) is 4.90. The smallest absolute Gasteiger partial charge is 0.251 e. The molecular weight excluding hydrogens is 240 g/mol. The van der Waals surface area contributed by atoms with Crippen molar-refractivity contribution in [3.05, 3.63) is 23.8 Å². The molecule has 0 aliphatic carbocycles. The number of carbonyl (C=O) groups is 1. The van der Waals surface area contributed by atoms with Gasteiger partial charge in [0.25, 0.3) is 5.91 Å². The number of nitrogen functional groups attached to an aromatic ring is 2. The van der Waals surface area contributed by atoms with E-state index in [1.165, 1.54) is 0 Å². The van der Waals surface area contributed by atoms with Gasteiger partial charge in [0, 0.05) is 30.0 Å². The van der Waals surface area contributed by atoms with Crippen molar-refractivity contribution in [1.29, 1.82) is 0 Å². The minimum Gasteiger partial charge on any atom is -0.399 e. The van der Waals surface area contributed by atoms with E-state index in [4.69, 9.17) is 11.5 Å². The summed E-state index contributed by atoms with van der Waals surface area (Å²) in [5.74, 6) is -0.133. The molecule has 0 radical (unpaired) electrons. The Balaban J connectivity index is 2.46. The van der Waals surface area contributed by atoms with Crippen molar-refractivity contribution in [2.45, 2.75) is 20.3 Å². The summed E-state index contributed by atoms with van der Waals surface area (Å²) in [4.78, 5) is 14.2. The lowest BCUT2D eigenvalue weighted by atomic mass is 10.1. The van der Waals surface area contributed by atoms with Gasteiger partial charge < -0.3 is 21.7 Å². The molecule has 1 aromatic carbocycles. The highest BCUT2D eigenvalue weighted by atomic mass is 16.1. The molecule has 106 valence electrons. The van der Waals surface area contributed by atoms with Crippen LogP contribution in [0.1, 0.15) is 30.6 Å². The largest absolute Gasteiger partial charge is 0.399 e. The molecule has 5 nitrogen and oxygen atoms in total. The second kappa shape index (κ2) is 7.63. The van der Waals surface area contributed by atoms with Crippen molar-refractivity contribution in [3.8, 4) is 0 Å². The molecule has 1 amide bonds. The van der Waals surface area contributed by atoms with Crippen LogP contribution < -0.4 is 16.8 Å². The summed E-state index contributed by atoms with van der Waals surface area (Å²) in [6.07, 6.45) is 1.12. The standard InChI is InChI=1S/C14H24N4O/c1-3-6-18(4-2)7-5-17-14(19)11-8-12(15)10-13(16)9-11/h8-10H,3-7,15-16H2,1-2H3,(H,17,19). The van der Waals surface area contributed by atoms with Crippen LogP contribution in [0.15, 0.2) is 18.2 Å². The van der Waals surface area contributed by atoms with Gasteiger partial charge in [0.05, 0.1) is 0 Å². The van der Waals surface area contributed by atoms with Gasteiger partial charge in [0.2, 0.25) is 0 Å². The molecule has 1 aromatic rings. The van der Waals surface area contributed by atoms with E-state index in [-0.39, 0.29) is 5.91 Å². The Labute approximate surface area is 115 Å². The van der Waals surface area contributed by atoms with Gasteiger partial charge in [-0.05, 0) is 37.7 Å². The van der Waals surface area contributed by atoms with E-state index in [2.05, 4.69) is 24.1 Å². The number of anilines is 2. The highest BCUT2D eigenvalue weighted by molar-refractivity contribution is 5.96. The number of hydrogen-bond donors (Lipinski definition) is 3. The monoisotopic (exact) mass is 264 g/mol. The number of nitrogens with one attached hydrogen (secondary N) is 1. The summed E-state index contributed by atoms with van der Waals surface area (Å²) in [7, 11) is 0. The highest BCUT2D eigenvalue weighted by Gasteiger charge is 2.07. The Kier molecular flexibility index (Phi) is 6.15. The van der Waals surface area contributed by atoms with Crippen LogP contribution >= 0.6 is 0 Å². The molecule has 5 N–H and O–H groups in total. The third-order valence-corrected chi connectivity index (χ3v) is 2.94. The van der Waals surface area contributed by atoms with Gasteiger partial charge in [-0.2, -0.15) is 0 Å². The van der Waals surface area contributed by atoms with Crippen molar-refractivity contribution >= 4 is 17.3 Å². The first-order valence-corrected chi connectivity index (χ1v) is 6.73. The lowest BCUT2D eigenvalue weighted by molar-refractivity contribution is 0.0948. The van der Waals surface area contributed by atoms with Crippen molar-refractivity contribution < 1.29 is 4.79 Å². The first kappa shape index (κ1) is 15.3. The first-order valence-electron chi connectivity index (χ1n) is 6.73. The Morgan fingerprint density at radius 3 is 2.32 bits per heavy atom. The molecule has 0 spiro atoms. The van der Waals surface area contributed by atoms with Gasteiger partial charge in [-0.1, -0.05) is 13.8 Å². The number of nitrogens with two attached hydrogens (primary N) is 2. The van der Waals surface area contributed by atoms with E-state index in [0.717, 1.165) is 26.1 Å². The fourth-order valence-electron chi connectivity index (χ4n) is 1.98. The maximum atomic E-state index is 11.9. The Hall–Kier alpha value is -1.75. The third kappa shape index (κ3) is 5.18. The molecule has 5 heteroatoms. The predicted octanol–water partition coefficient (Wildman–Crippen LogP) is 1.31. The number of hydrogen-bond acceptors (Lipinski definition) is 4. The van der Waals surface area contributed by atoms with Gasteiger partial charge in [0.1, 0.15) is 0 Å². The Bertz CT molecular complexity index is 400. The van der Waals surface area contributed by atoms with Crippen molar-refractivity contribution in [1.82, 2.24) is 10.2 Å². The maximum absolute atomic E-state index is 11.9. The Morgan fingerprint density at radius 2 is 1.79 bits per heavy atom. The minimum absolute atomic E-state index is 0.133. The summed E-state index contributed by atoms with van der Waals surface area (Å²) in [5, 5.41) is 2.88. The van der Waals surface area contributed by atoms with E-state index in [0.29, 0.717) is 23.5 Å². The minimum atomic E-state index is -0.133. The number of likely N-dealkylation sites (N-methyl/N-ethyl adjacent to an activating group) is 1. The van der Waals surface area contributed by atoms with E-state index in [1.807, 2.05) is 0 Å². The number of nitrogens with zero attached hydrogens (tertiary/aromatic N) is 1. The molecule has 0 aliphatic rings. The summed E-state index contributed by atoms with van der Waals surface area (Å²) in [5.41, 5.74) is 12.9. The Morgan fingerprint density at radius 1 is 1.16 bits per heavy atom. The molecule has 0 aliphatic heterocycles. The lowest BCUT2D eigenvalue weighted by Gasteiger charge is -2.19. The van der Waals surface area contributed by atoms with Crippen LogP contribution in [0.25, 0.3) is 0 Å². The molecule has 0 saturated carbocycles. The zero-order valence-electron chi connectivity index (χ0n) is 11.8. The molecule has 0 bridgehead atoms. The van der Waals surface area contributed by atoms with Crippen LogP contribution in [-0.4, -0.2) is 37.0 Å². The first-order chi connectivity index (χ1) is 9.06. The molecule has 0 saturated heterocycles. The summed E-state index contributed by atoms with van der Waals surface area (Å²) in [6.45, 7) is 7.80. The van der Waals surface area contributed by atoms with E-state index >= 15 is 0 Å². The number of rotatable bonds is 7. The van der Waals surface area contributed by atoms with Crippen LogP contribution in [0.2, 0.25) is 0 Å². The number of carbonyl (C=O) groups excluding carboxylic acids is 1. The molecule has 0 unspecified atom stereocenters. The molecular formula is C14H24N4O. The summed E-state index contributed by atoms with van der Waals surface area (Å²) >= 11 is 0. The topological polar surface area (TPSA) is 84.4 Å². The van der Waals surface area contributed by atoms with Crippen molar-refractivity contribution in [3.63, 3.8) is 0 Å². The van der Waals surface area contributed by atoms with Gasteiger partial charge in [-0.3, -0.25) is 4.79 Å². The SMILES string of the molecule is CCCN(CC)CCNC(=O)c1cc(N)cc(N)c1. The second-order valence-corrected chi connectivity index (χ2v) is 4.58. The van der Waals surface area contributed by atoms with Crippen LogP contribution in [0.4, 0.5) is 11.4 Å². The predicted molar refractivity (Wildman–Crippen MR) is 80.0 cm³/mol. The fourth-order valence-corrected chi connectivity index (χ4v) is 1.98. The van der Waals surface area contributed by atoms with Gasteiger partial charge >= 0.3 is 0 Å². The summed E-state index contributed by atoms with van der Waals surface area (Å²) < 4.78 is 0. The van der Waals surface area contributed by atoms with Crippen molar-refractivity contribution in [2.24, 2.45) is 0 Å². The highest BCUT2D eigenvalue weighted by Crippen LogP contribution is 2.13. The number of amides is 1. The van der Waals surface area contributed by atoms with E-state index in [9.17, 15) is 4.79 Å². The third-order valence-electron chi connectivity index (χ3n) is 2.94. The fraction of sp³-hybridized carbons (Fsp3) is 0.500. The molecule has 19 heavy (non-hydrogen) atoms. The molecule has 0 heterocycles. The second-order valence-electron chi connectivity index (χ2n) is 4.58. The maximum Gasteiger partial charge on any atom is 0.251 e. The quantitative estimate of drug-likeness (QED) is 0.648. The van der Waals surface area contributed by atoms with Crippen molar-refractivity contribution in [2.75, 3.05) is 37.6 Å². The van der Waals surface area contributed by atoms with Gasteiger partial charge in [-0.15, -0.1) is 0 Å². The van der Waals surface area contributed by atoms with Gasteiger partial charge in [-0.25, -0.2) is 0 Å². The average Bonchev–Trinajstić information content (AvgIpc) is 2.36. The van der Waals surface area contributed by atoms with E-state index < -0.39 is 0 Å². The lowest BCUT2D eigenvalue weighted by Crippen LogP contribution is -2.35. The molecule has 0 fully saturated rings. The number of benzene rings is 1. The molecule has 1 rings (SSSR count). The van der Waals surface area contributed by atoms with Crippen LogP contribution in [0.5, 0.6) is 0 Å². The zero-order chi connectivity index (χ0) is 14.3. The van der Waals surface area contributed by atoms with Crippen LogP contribution in [-0.2, 0) is 0 Å². The van der Waals surface area contributed by atoms with Gasteiger partial charge in [0.15, 0.2) is 0 Å². The molecule has 0 atom stereocenters. The normalized spacial score (nSPS) is 10.7. The van der Waals surface area contributed by atoms with Crippen LogP contribution in [0, 0.1) is 0 Å². The van der Waals surface area contributed by atoms with E-state index in [1.54, 1.807) is 18.2 Å².